The van der Waals surface area contributed by atoms with Crippen LogP contribution in [0.2, 0.25) is 5.02 Å². The quantitative estimate of drug-likeness (QED) is 0.673. The lowest BCUT2D eigenvalue weighted by Crippen LogP contribution is -2.55. The van der Waals surface area contributed by atoms with E-state index in [1.165, 1.54) is 6.07 Å². The molecule has 8 heteroatoms. The predicted octanol–water partition coefficient (Wildman–Crippen LogP) is 4.56. The van der Waals surface area contributed by atoms with Crippen LogP contribution in [0.1, 0.15) is 27.7 Å². The number of carbonyl (C=O) groups is 1. The Balaban J connectivity index is 1.82. The summed E-state index contributed by atoms with van der Waals surface area (Å²) in [4.78, 5) is 16.2. The molecule has 0 bridgehead atoms. The SMILES string of the molecule is C[C@@H]1CN(CCOc2c(F)cc(Cl)cc2Br)CCN1C(=O)OC(C)(C)C. The van der Waals surface area contributed by atoms with Gasteiger partial charge in [-0.3, -0.25) is 4.90 Å². The van der Waals surface area contributed by atoms with Crippen molar-refractivity contribution in [3.05, 3.63) is 27.4 Å². The van der Waals surface area contributed by atoms with Crippen LogP contribution in [0, 0.1) is 5.82 Å². The van der Waals surface area contributed by atoms with Crippen LogP contribution in [0.4, 0.5) is 9.18 Å². The summed E-state index contributed by atoms with van der Waals surface area (Å²) < 4.78 is 25.4. The predicted molar refractivity (Wildman–Crippen MR) is 103 cm³/mol. The van der Waals surface area contributed by atoms with E-state index in [2.05, 4.69) is 20.8 Å². The molecule has 1 saturated heterocycles. The van der Waals surface area contributed by atoms with Gasteiger partial charge in [-0.2, -0.15) is 0 Å². The number of hydrogen-bond donors (Lipinski definition) is 0. The monoisotopic (exact) mass is 450 g/mol. The van der Waals surface area contributed by atoms with Crippen LogP contribution >= 0.6 is 27.5 Å². The third kappa shape index (κ3) is 5.99. The van der Waals surface area contributed by atoms with Gasteiger partial charge < -0.3 is 14.4 Å². The molecule has 1 aromatic rings. The van der Waals surface area contributed by atoms with Gasteiger partial charge in [0.1, 0.15) is 12.2 Å². The molecule has 1 amide bonds. The zero-order valence-electron chi connectivity index (χ0n) is 15.5. The van der Waals surface area contributed by atoms with E-state index in [0.717, 1.165) is 6.54 Å². The number of carbonyl (C=O) groups excluding carboxylic acids is 1. The number of nitrogens with zero attached hydrogens (tertiary/aromatic N) is 2. The van der Waals surface area contributed by atoms with Crippen molar-refractivity contribution >= 4 is 33.6 Å². The highest BCUT2D eigenvalue weighted by Gasteiger charge is 2.30. The minimum atomic E-state index is -0.502. The maximum atomic E-state index is 13.9. The fraction of sp³-hybridized carbons (Fsp3) is 0.611. The van der Waals surface area contributed by atoms with E-state index in [9.17, 15) is 9.18 Å². The summed E-state index contributed by atoms with van der Waals surface area (Å²) >= 11 is 9.06. The summed E-state index contributed by atoms with van der Waals surface area (Å²) in [7, 11) is 0. The van der Waals surface area contributed by atoms with Crippen LogP contribution in [-0.2, 0) is 4.74 Å². The van der Waals surface area contributed by atoms with Gasteiger partial charge in [-0.05, 0) is 55.8 Å². The molecule has 1 atom stereocenters. The molecule has 0 unspecified atom stereocenters. The number of piperazine rings is 1. The highest BCUT2D eigenvalue weighted by molar-refractivity contribution is 9.10. The first kappa shape index (κ1) is 21.3. The Labute approximate surface area is 167 Å². The first-order valence-electron chi connectivity index (χ1n) is 8.56. The topological polar surface area (TPSA) is 42.0 Å². The van der Waals surface area contributed by atoms with Gasteiger partial charge in [0, 0.05) is 37.2 Å². The third-order valence-electron chi connectivity index (χ3n) is 3.96. The minimum Gasteiger partial charge on any atom is -0.488 e. The molecule has 2 rings (SSSR count). The summed E-state index contributed by atoms with van der Waals surface area (Å²) in [6, 6.07) is 2.86. The van der Waals surface area contributed by atoms with Crippen LogP contribution in [-0.4, -0.2) is 60.3 Å². The number of rotatable bonds is 4. The van der Waals surface area contributed by atoms with Gasteiger partial charge in [-0.25, -0.2) is 9.18 Å². The van der Waals surface area contributed by atoms with E-state index in [0.29, 0.717) is 35.7 Å². The van der Waals surface area contributed by atoms with E-state index in [4.69, 9.17) is 21.1 Å². The lowest BCUT2D eigenvalue weighted by molar-refractivity contribution is 0.000299. The number of ether oxygens (including phenoxy) is 2. The third-order valence-corrected chi connectivity index (χ3v) is 4.76. The van der Waals surface area contributed by atoms with E-state index >= 15 is 0 Å². The van der Waals surface area contributed by atoms with Crippen LogP contribution in [0.5, 0.6) is 5.75 Å². The van der Waals surface area contributed by atoms with Crippen LogP contribution in [0.3, 0.4) is 0 Å². The highest BCUT2D eigenvalue weighted by Crippen LogP contribution is 2.31. The minimum absolute atomic E-state index is 0.0394. The van der Waals surface area contributed by atoms with Crippen molar-refractivity contribution < 1.29 is 18.7 Å². The van der Waals surface area contributed by atoms with E-state index in [1.807, 2.05) is 27.7 Å². The first-order valence-corrected chi connectivity index (χ1v) is 9.73. The Morgan fingerprint density at radius 3 is 2.65 bits per heavy atom. The fourth-order valence-corrected chi connectivity index (χ4v) is 3.66. The lowest BCUT2D eigenvalue weighted by Gasteiger charge is -2.40. The molecule has 26 heavy (non-hydrogen) atoms. The van der Waals surface area contributed by atoms with Gasteiger partial charge in [-0.15, -0.1) is 0 Å². The molecule has 1 aliphatic heterocycles. The van der Waals surface area contributed by atoms with E-state index in [-0.39, 0.29) is 17.9 Å². The molecular formula is C18H25BrClFN2O3. The second kappa shape index (κ2) is 8.76. The molecule has 146 valence electrons. The molecule has 5 nitrogen and oxygen atoms in total. The van der Waals surface area contributed by atoms with Crippen molar-refractivity contribution in [2.75, 3.05) is 32.8 Å². The largest absolute Gasteiger partial charge is 0.488 e. The Kier molecular flexibility index (Phi) is 7.16. The van der Waals surface area contributed by atoms with Gasteiger partial charge in [0.2, 0.25) is 0 Å². The fourth-order valence-electron chi connectivity index (χ4n) is 2.77. The highest BCUT2D eigenvalue weighted by atomic mass is 79.9. The van der Waals surface area contributed by atoms with Crippen molar-refractivity contribution in [2.24, 2.45) is 0 Å². The smallest absolute Gasteiger partial charge is 0.410 e. The Bertz CT molecular complexity index is 631. The van der Waals surface area contributed by atoms with E-state index in [1.54, 1.807) is 11.0 Å². The zero-order chi connectivity index (χ0) is 19.5. The standard InChI is InChI=1S/C18H25BrClFN2O3/c1-12-11-22(5-6-23(12)17(24)26-18(2,3)4)7-8-25-16-14(19)9-13(20)10-15(16)21/h9-10,12H,5-8,11H2,1-4H3/t12-/m1/s1. The second-order valence-corrected chi connectivity index (χ2v) is 8.66. The summed E-state index contributed by atoms with van der Waals surface area (Å²) in [6.07, 6.45) is -0.284. The van der Waals surface area contributed by atoms with Crippen molar-refractivity contribution in [1.82, 2.24) is 9.80 Å². The van der Waals surface area contributed by atoms with Crippen molar-refractivity contribution in [3.63, 3.8) is 0 Å². The van der Waals surface area contributed by atoms with Gasteiger partial charge in [0.05, 0.1) is 4.47 Å². The Hall–Kier alpha value is -1.05. The van der Waals surface area contributed by atoms with E-state index < -0.39 is 11.4 Å². The molecule has 0 aliphatic carbocycles. The van der Waals surface area contributed by atoms with Crippen LogP contribution < -0.4 is 4.74 Å². The van der Waals surface area contributed by atoms with Gasteiger partial charge in [-0.1, -0.05) is 11.6 Å². The summed E-state index contributed by atoms with van der Waals surface area (Å²) in [5.74, 6) is -0.331. The summed E-state index contributed by atoms with van der Waals surface area (Å²) in [5, 5.41) is 0.314. The molecule has 0 saturated carbocycles. The maximum Gasteiger partial charge on any atom is 0.410 e. The maximum absolute atomic E-state index is 13.9. The van der Waals surface area contributed by atoms with Crippen molar-refractivity contribution in [1.29, 1.82) is 0 Å². The van der Waals surface area contributed by atoms with Crippen molar-refractivity contribution in [3.8, 4) is 5.75 Å². The summed E-state index contributed by atoms with van der Waals surface area (Å²) in [6.45, 7) is 10.6. The zero-order valence-corrected chi connectivity index (χ0v) is 17.9. The van der Waals surface area contributed by atoms with Gasteiger partial charge in [0.15, 0.2) is 11.6 Å². The average Bonchev–Trinajstić information content (AvgIpc) is 2.48. The number of amides is 1. The molecular weight excluding hydrogens is 427 g/mol. The first-order chi connectivity index (χ1) is 12.1. The van der Waals surface area contributed by atoms with Gasteiger partial charge >= 0.3 is 6.09 Å². The average molecular weight is 452 g/mol. The normalized spacial score (nSPS) is 18.7. The summed E-state index contributed by atoms with van der Waals surface area (Å²) in [5.41, 5.74) is -0.502. The molecule has 1 heterocycles. The molecule has 0 spiro atoms. The van der Waals surface area contributed by atoms with Gasteiger partial charge in [0.25, 0.3) is 0 Å². The van der Waals surface area contributed by atoms with Crippen LogP contribution in [0.15, 0.2) is 16.6 Å². The number of benzene rings is 1. The number of hydrogen-bond acceptors (Lipinski definition) is 4. The lowest BCUT2D eigenvalue weighted by atomic mass is 10.2. The molecule has 0 aromatic heterocycles. The molecule has 1 aromatic carbocycles. The van der Waals surface area contributed by atoms with Crippen molar-refractivity contribution in [2.45, 2.75) is 39.3 Å². The Morgan fingerprint density at radius 2 is 2.08 bits per heavy atom. The second-order valence-electron chi connectivity index (χ2n) is 7.37. The number of halogens is 3. The van der Waals surface area contributed by atoms with Crippen LogP contribution in [0.25, 0.3) is 0 Å². The molecule has 1 fully saturated rings. The molecule has 1 aliphatic rings. The Morgan fingerprint density at radius 1 is 1.38 bits per heavy atom. The molecule has 0 N–H and O–H groups in total. The molecule has 0 radical (unpaired) electrons.